The fourth-order valence-corrected chi connectivity index (χ4v) is 5.17. The SMILES string of the molecule is O=C(C[C@H]1CO[C@H]2[C@@H]1OC[C@@H]2NC(=O)C1CC1)c1cccc(OC2CCCCCC2)c1. The summed E-state index contributed by atoms with van der Waals surface area (Å²) < 4.78 is 18.1. The van der Waals surface area contributed by atoms with Crippen molar-refractivity contribution >= 4 is 11.7 Å². The number of nitrogens with one attached hydrogen (secondary N) is 1. The van der Waals surface area contributed by atoms with Gasteiger partial charge < -0.3 is 19.5 Å². The van der Waals surface area contributed by atoms with E-state index in [2.05, 4.69) is 5.32 Å². The Morgan fingerprint density at radius 2 is 1.74 bits per heavy atom. The third-order valence-electron chi connectivity index (χ3n) is 7.14. The number of benzene rings is 1. The Balaban J connectivity index is 1.16. The lowest BCUT2D eigenvalue weighted by Crippen LogP contribution is -2.44. The van der Waals surface area contributed by atoms with Crippen LogP contribution in [0, 0.1) is 11.8 Å². The van der Waals surface area contributed by atoms with Gasteiger partial charge in [0, 0.05) is 23.8 Å². The number of hydrogen-bond acceptors (Lipinski definition) is 5. The van der Waals surface area contributed by atoms with Crippen molar-refractivity contribution in [2.24, 2.45) is 11.8 Å². The lowest BCUT2D eigenvalue weighted by molar-refractivity contribution is -0.123. The van der Waals surface area contributed by atoms with Crippen molar-refractivity contribution in [3.63, 3.8) is 0 Å². The van der Waals surface area contributed by atoms with E-state index in [0.29, 0.717) is 25.2 Å². The van der Waals surface area contributed by atoms with Gasteiger partial charge in [-0.05, 0) is 50.7 Å². The number of ether oxygens (including phenoxy) is 3. The van der Waals surface area contributed by atoms with Crippen LogP contribution in [-0.2, 0) is 14.3 Å². The highest BCUT2D eigenvalue weighted by molar-refractivity contribution is 5.96. The maximum atomic E-state index is 13.0. The maximum absolute atomic E-state index is 13.0. The maximum Gasteiger partial charge on any atom is 0.223 e. The molecule has 2 saturated heterocycles. The third kappa shape index (κ3) is 4.96. The lowest BCUT2D eigenvalue weighted by Gasteiger charge is -2.18. The van der Waals surface area contributed by atoms with E-state index in [1.165, 1.54) is 25.7 Å². The average Bonchev–Trinajstić information content (AvgIpc) is 3.51. The van der Waals surface area contributed by atoms with Gasteiger partial charge >= 0.3 is 0 Å². The predicted molar refractivity (Wildman–Crippen MR) is 115 cm³/mol. The van der Waals surface area contributed by atoms with Gasteiger partial charge in [-0.2, -0.15) is 0 Å². The quantitative estimate of drug-likeness (QED) is 0.531. The van der Waals surface area contributed by atoms with Crippen molar-refractivity contribution in [2.45, 2.75) is 82.1 Å². The molecule has 4 fully saturated rings. The standard InChI is InChI=1S/C25H33NO5/c27-22(17-6-5-9-20(12-17)31-19-7-3-1-2-4-8-19)13-18-14-29-24-21(15-30-23(18)24)26-25(28)16-10-11-16/h5-6,9,12,16,18-19,21,23-24H,1-4,7-8,10-11,13-15H2,(H,26,28)/t18-,21-,23+,24+/m0/s1. The first-order valence-electron chi connectivity index (χ1n) is 12.0. The molecule has 1 aromatic rings. The number of carbonyl (C=O) groups excluding carboxylic acids is 2. The van der Waals surface area contributed by atoms with Crippen LogP contribution in [0.5, 0.6) is 5.75 Å². The van der Waals surface area contributed by atoms with Gasteiger partial charge in [0.25, 0.3) is 0 Å². The second kappa shape index (κ2) is 9.29. The fourth-order valence-electron chi connectivity index (χ4n) is 5.17. The van der Waals surface area contributed by atoms with Crippen LogP contribution in [-0.4, -0.2) is 49.3 Å². The third-order valence-corrected chi connectivity index (χ3v) is 7.14. The first kappa shape index (κ1) is 21.0. The summed E-state index contributed by atoms with van der Waals surface area (Å²) in [6, 6.07) is 7.50. The molecule has 6 nitrogen and oxygen atoms in total. The average molecular weight is 428 g/mol. The second-order valence-electron chi connectivity index (χ2n) is 9.63. The van der Waals surface area contributed by atoms with E-state index in [4.69, 9.17) is 14.2 Å². The van der Waals surface area contributed by atoms with Crippen molar-refractivity contribution in [3.05, 3.63) is 29.8 Å². The molecule has 31 heavy (non-hydrogen) atoms. The molecule has 2 aliphatic heterocycles. The van der Waals surface area contributed by atoms with E-state index in [9.17, 15) is 9.59 Å². The van der Waals surface area contributed by atoms with Gasteiger partial charge in [-0.15, -0.1) is 0 Å². The molecule has 0 radical (unpaired) electrons. The summed E-state index contributed by atoms with van der Waals surface area (Å²) in [5.41, 5.74) is 0.686. The number of hydrogen-bond donors (Lipinski definition) is 1. The Bertz CT molecular complexity index is 799. The number of amides is 1. The van der Waals surface area contributed by atoms with Gasteiger partial charge in [-0.3, -0.25) is 9.59 Å². The second-order valence-corrected chi connectivity index (χ2v) is 9.63. The smallest absolute Gasteiger partial charge is 0.223 e. The van der Waals surface area contributed by atoms with E-state index in [-0.39, 0.29) is 47.9 Å². The van der Waals surface area contributed by atoms with Crippen molar-refractivity contribution < 1.29 is 23.8 Å². The highest BCUT2D eigenvalue weighted by atomic mass is 16.6. The summed E-state index contributed by atoms with van der Waals surface area (Å²) in [4.78, 5) is 25.1. The zero-order valence-corrected chi connectivity index (χ0v) is 18.1. The summed E-state index contributed by atoms with van der Waals surface area (Å²) in [6.07, 6.45) is 9.53. The van der Waals surface area contributed by atoms with E-state index < -0.39 is 0 Å². The molecular weight excluding hydrogens is 394 g/mol. The fraction of sp³-hybridized carbons (Fsp3) is 0.680. The molecule has 0 aromatic heterocycles. The predicted octanol–water partition coefficient (Wildman–Crippen LogP) is 3.67. The first-order chi connectivity index (χ1) is 15.2. The summed E-state index contributed by atoms with van der Waals surface area (Å²) in [5.74, 6) is 1.19. The van der Waals surface area contributed by atoms with Crippen molar-refractivity contribution in [2.75, 3.05) is 13.2 Å². The summed E-state index contributed by atoms with van der Waals surface area (Å²) >= 11 is 0. The Morgan fingerprint density at radius 3 is 2.52 bits per heavy atom. The largest absolute Gasteiger partial charge is 0.490 e. The molecular formula is C25H33NO5. The van der Waals surface area contributed by atoms with E-state index in [1.54, 1.807) is 0 Å². The lowest BCUT2D eigenvalue weighted by atomic mass is 9.92. The number of carbonyl (C=O) groups is 2. The van der Waals surface area contributed by atoms with Crippen molar-refractivity contribution in [1.29, 1.82) is 0 Å². The minimum absolute atomic E-state index is 0.0201. The molecule has 6 heteroatoms. The van der Waals surface area contributed by atoms with Crippen LogP contribution in [0.4, 0.5) is 0 Å². The normalized spacial score (nSPS) is 31.1. The van der Waals surface area contributed by atoms with E-state index in [1.807, 2.05) is 24.3 Å². The number of Topliss-reactive ketones (excluding diaryl/α,β-unsaturated/α-hetero) is 1. The minimum Gasteiger partial charge on any atom is -0.490 e. The molecule has 1 aromatic carbocycles. The highest BCUT2D eigenvalue weighted by Gasteiger charge is 2.49. The van der Waals surface area contributed by atoms with Crippen LogP contribution in [0.1, 0.15) is 68.1 Å². The molecule has 4 atom stereocenters. The van der Waals surface area contributed by atoms with Gasteiger partial charge in [0.15, 0.2) is 5.78 Å². The van der Waals surface area contributed by atoms with E-state index in [0.717, 1.165) is 31.4 Å². The van der Waals surface area contributed by atoms with Crippen LogP contribution < -0.4 is 10.1 Å². The molecule has 0 bridgehead atoms. The van der Waals surface area contributed by atoms with Gasteiger partial charge in [-0.1, -0.05) is 25.0 Å². The van der Waals surface area contributed by atoms with E-state index >= 15 is 0 Å². The molecule has 0 spiro atoms. The Kier molecular flexibility index (Phi) is 6.28. The first-order valence-corrected chi connectivity index (χ1v) is 12.0. The molecule has 1 amide bonds. The highest BCUT2D eigenvalue weighted by Crippen LogP contribution is 2.35. The summed E-state index contributed by atoms with van der Waals surface area (Å²) in [7, 11) is 0. The molecule has 5 rings (SSSR count). The zero-order chi connectivity index (χ0) is 21.2. The topological polar surface area (TPSA) is 73.9 Å². The van der Waals surface area contributed by atoms with Gasteiger partial charge in [0.05, 0.1) is 31.5 Å². The van der Waals surface area contributed by atoms with Gasteiger partial charge in [0.2, 0.25) is 5.91 Å². The molecule has 168 valence electrons. The van der Waals surface area contributed by atoms with Crippen LogP contribution >= 0.6 is 0 Å². The Morgan fingerprint density at radius 1 is 0.968 bits per heavy atom. The van der Waals surface area contributed by atoms with Crippen molar-refractivity contribution in [3.8, 4) is 5.75 Å². The van der Waals surface area contributed by atoms with Gasteiger partial charge in [0.1, 0.15) is 11.9 Å². The van der Waals surface area contributed by atoms with Gasteiger partial charge in [-0.25, -0.2) is 0 Å². The summed E-state index contributed by atoms with van der Waals surface area (Å²) in [5, 5.41) is 3.08. The molecule has 0 unspecified atom stereocenters. The Labute approximate surface area is 184 Å². The number of fused-ring (bicyclic) bond motifs is 1. The molecule has 4 aliphatic rings. The number of ketones is 1. The number of rotatable bonds is 7. The Hall–Kier alpha value is -1.92. The van der Waals surface area contributed by atoms with Crippen LogP contribution in [0.2, 0.25) is 0 Å². The molecule has 2 aliphatic carbocycles. The molecule has 2 saturated carbocycles. The zero-order valence-electron chi connectivity index (χ0n) is 18.1. The summed E-state index contributed by atoms with van der Waals surface area (Å²) in [6.45, 7) is 0.957. The van der Waals surface area contributed by atoms with Crippen LogP contribution in [0.3, 0.4) is 0 Å². The molecule has 2 heterocycles. The van der Waals surface area contributed by atoms with Crippen molar-refractivity contribution in [1.82, 2.24) is 5.32 Å². The van der Waals surface area contributed by atoms with Crippen LogP contribution in [0.25, 0.3) is 0 Å². The minimum atomic E-state index is -0.148. The molecule has 1 N–H and O–H groups in total. The van der Waals surface area contributed by atoms with Crippen LogP contribution in [0.15, 0.2) is 24.3 Å². The monoisotopic (exact) mass is 427 g/mol.